The quantitative estimate of drug-likeness (QED) is 0.307. The summed E-state index contributed by atoms with van der Waals surface area (Å²) in [5.41, 5.74) is 10.9. The Bertz CT molecular complexity index is 1380. The summed E-state index contributed by atoms with van der Waals surface area (Å²) in [6.07, 6.45) is 0. The lowest BCUT2D eigenvalue weighted by Crippen LogP contribution is -1.97. The minimum Gasteiger partial charge on any atom is -0.252 e. The van der Waals surface area contributed by atoms with Gasteiger partial charge in [-0.15, -0.1) is 0 Å². The highest BCUT2D eigenvalue weighted by atomic mass is 14.7. The molecule has 0 fully saturated rings. The van der Waals surface area contributed by atoms with Gasteiger partial charge in [0.15, 0.2) is 0 Å². The number of hydrogen-bond acceptors (Lipinski definition) is 1. The molecule has 0 bridgehead atoms. The Kier molecular flexibility index (Phi) is 3.45. The zero-order valence-corrected chi connectivity index (χ0v) is 16.2. The lowest BCUT2D eigenvalue weighted by molar-refractivity contribution is 1.21. The number of fused-ring (bicyclic) bond motifs is 3. The van der Waals surface area contributed by atoms with Crippen molar-refractivity contribution in [1.82, 2.24) is 4.98 Å². The molecular weight excluding hydrogens is 350 g/mol. The second kappa shape index (κ2) is 6.15. The van der Waals surface area contributed by atoms with E-state index in [0.717, 1.165) is 17.0 Å². The first-order valence-electron chi connectivity index (χ1n) is 10.0. The molecule has 6 rings (SSSR count). The number of aryl methyl sites for hydroxylation is 1. The summed E-state index contributed by atoms with van der Waals surface area (Å²) in [6.45, 7) is 2.14. The molecule has 0 aliphatic heterocycles. The molecule has 0 atom stereocenters. The summed E-state index contributed by atoms with van der Waals surface area (Å²) in [7, 11) is 0. The van der Waals surface area contributed by atoms with Crippen molar-refractivity contribution in [1.29, 1.82) is 0 Å². The average Bonchev–Trinajstić information content (AvgIpc) is 3.11. The van der Waals surface area contributed by atoms with Gasteiger partial charge in [-0.2, -0.15) is 0 Å². The SMILES string of the molecule is Cc1nc(-c2ccccc2)c2c(c1-c1ccccc1)-c1cccc3cccc-2c13. The van der Waals surface area contributed by atoms with E-state index in [2.05, 4.69) is 104 Å². The maximum atomic E-state index is 5.16. The molecule has 136 valence electrons. The highest BCUT2D eigenvalue weighted by Gasteiger charge is 2.29. The van der Waals surface area contributed by atoms with Gasteiger partial charge in [-0.25, -0.2) is 0 Å². The second-order valence-electron chi connectivity index (χ2n) is 7.61. The smallest absolute Gasteiger partial charge is 0.0790 e. The van der Waals surface area contributed by atoms with Gasteiger partial charge < -0.3 is 0 Å². The number of aromatic nitrogens is 1. The molecule has 0 radical (unpaired) electrons. The number of pyridine rings is 1. The number of hydrogen-bond donors (Lipinski definition) is 0. The summed E-state index contributed by atoms with van der Waals surface area (Å²) < 4.78 is 0. The van der Waals surface area contributed by atoms with Gasteiger partial charge in [-0.1, -0.05) is 97.1 Å². The summed E-state index contributed by atoms with van der Waals surface area (Å²) >= 11 is 0. The van der Waals surface area contributed by atoms with Crippen LogP contribution in [0.2, 0.25) is 0 Å². The standard InChI is InChI=1S/C28H19N/c1-18-24(19-10-4-2-5-11-19)26-22-16-8-14-20-15-9-17-23(25(20)22)27(26)28(29-18)21-12-6-3-7-13-21/h2-17H,1H3. The Labute approximate surface area is 170 Å². The highest BCUT2D eigenvalue weighted by molar-refractivity contribution is 6.20. The van der Waals surface area contributed by atoms with Crippen molar-refractivity contribution in [2.24, 2.45) is 0 Å². The van der Waals surface area contributed by atoms with Crippen LogP contribution >= 0.6 is 0 Å². The highest BCUT2D eigenvalue weighted by Crippen LogP contribution is 2.54. The fraction of sp³-hybridized carbons (Fsp3) is 0.0357. The van der Waals surface area contributed by atoms with E-state index < -0.39 is 0 Å². The molecule has 1 aliphatic carbocycles. The van der Waals surface area contributed by atoms with Crippen molar-refractivity contribution in [3.8, 4) is 44.6 Å². The van der Waals surface area contributed by atoms with Crippen molar-refractivity contribution in [3.63, 3.8) is 0 Å². The van der Waals surface area contributed by atoms with Crippen LogP contribution in [0.1, 0.15) is 5.69 Å². The normalized spacial score (nSPS) is 11.6. The van der Waals surface area contributed by atoms with E-state index in [0.29, 0.717) is 0 Å². The van der Waals surface area contributed by atoms with E-state index in [1.807, 2.05) is 0 Å². The average molecular weight is 369 g/mol. The zero-order valence-electron chi connectivity index (χ0n) is 16.2. The predicted molar refractivity (Wildman–Crippen MR) is 122 cm³/mol. The molecule has 0 unspecified atom stereocenters. The topological polar surface area (TPSA) is 12.9 Å². The van der Waals surface area contributed by atoms with Crippen molar-refractivity contribution >= 4 is 10.8 Å². The van der Waals surface area contributed by atoms with E-state index in [1.165, 1.54) is 44.2 Å². The zero-order chi connectivity index (χ0) is 19.4. The lowest BCUT2D eigenvalue weighted by Gasteiger charge is -2.17. The van der Waals surface area contributed by atoms with Crippen LogP contribution < -0.4 is 0 Å². The molecule has 1 aliphatic rings. The third-order valence-corrected chi connectivity index (χ3v) is 5.93. The molecule has 1 heterocycles. The van der Waals surface area contributed by atoms with E-state index in [-0.39, 0.29) is 0 Å². The number of nitrogens with zero attached hydrogens (tertiary/aromatic N) is 1. The van der Waals surface area contributed by atoms with Crippen LogP contribution in [-0.2, 0) is 0 Å². The molecule has 1 heteroatoms. The summed E-state index contributed by atoms with van der Waals surface area (Å²) in [6, 6.07) is 34.5. The monoisotopic (exact) mass is 369 g/mol. The van der Waals surface area contributed by atoms with Crippen LogP contribution in [0.5, 0.6) is 0 Å². The van der Waals surface area contributed by atoms with Gasteiger partial charge in [0.1, 0.15) is 0 Å². The van der Waals surface area contributed by atoms with Crippen molar-refractivity contribution in [2.75, 3.05) is 0 Å². The first kappa shape index (κ1) is 16.3. The van der Waals surface area contributed by atoms with E-state index in [1.54, 1.807) is 0 Å². The third kappa shape index (κ3) is 2.31. The van der Waals surface area contributed by atoms with Gasteiger partial charge in [0.05, 0.1) is 5.69 Å². The first-order valence-corrected chi connectivity index (χ1v) is 10.0. The summed E-state index contributed by atoms with van der Waals surface area (Å²) in [4.78, 5) is 5.16. The van der Waals surface area contributed by atoms with Gasteiger partial charge in [-0.05, 0) is 34.4 Å². The molecule has 4 aromatic carbocycles. The predicted octanol–water partition coefficient (Wildman–Crippen LogP) is 7.52. The molecule has 29 heavy (non-hydrogen) atoms. The van der Waals surface area contributed by atoms with E-state index in [9.17, 15) is 0 Å². The van der Waals surface area contributed by atoms with E-state index in [4.69, 9.17) is 4.98 Å². The van der Waals surface area contributed by atoms with Gasteiger partial charge in [0, 0.05) is 27.9 Å². The van der Waals surface area contributed by atoms with Crippen LogP contribution in [0.3, 0.4) is 0 Å². The Hall–Kier alpha value is -3.71. The Balaban J connectivity index is 1.81. The van der Waals surface area contributed by atoms with E-state index >= 15 is 0 Å². The third-order valence-electron chi connectivity index (χ3n) is 5.93. The molecule has 0 amide bonds. The molecule has 0 saturated carbocycles. The Morgan fingerprint density at radius 1 is 0.517 bits per heavy atom. The van der Waals surface area contributed by atoms with Crippen LogP contribution in [-0.4, -0.2) is 4.98 Å². The first-order chi connectivity index (χ1) is 14.3. The molecule has 0 spiro atoms. The van der Waals surface area contributed by atoms with Crippen LogP contribution in [0.4, 0.5) is 0 Å². The minimum absolute atomic E-state index is 1.07. The molecule has 5 aromatic rings. The van der Waals surface area contributed by atoms with Gasteiger partial charge >= 0.3 is 0 Å². The van der Waals surface area contributed by atoms with Crippen molar-refractivity contribution in [2.45, 2.75) is 6.92 Å². The van der Waals surface area contributed by atoms with Crippen LogP contribution in [0.25, 0.3) is 55.4 Å². The largest absolute Gasteiger partial charge is 0.252 e. The molecule has 0 saturated heterocycles. The molecule has 1 aromatic heterocycles. The summed E-state index contributed by atoms with van der Waals surface area (Å²) in [5, 5.41) is 2.62. The lowest BCUT2D eigenvalue weighted by atomic mass is 9.90. The maximum Gasteiger partial charge on any atom is 0.0790 e. The Morgan fingerprint density at radius 2 is 1.10 bits per heavy atom. The minimum atomic E-state index is 1.07. The molecule has 1 nitrogen and oxygen atoms in total. The fourth-order valence-electron chi connectivity index (χ4n) is 4.76. The van der Waals surface area contributed by atoms with Gasteiger partial charge in [0.2, 0.25) is 0 Å². The number of rotatable bonds is 2. The molecule has 0 N–H and O–H groups in total. The van der Waals surface area contributed by atoms with Crippen LogP contribution in [0.15, 0.2) is 97.1 Å². The van der Waals surface area contributed by atoms with Crippen molar-refractivity contribution in [3.05, 3.63) is 103 Å². The summed E-state index contributed by atoms with van der Waals surface area (Å²) in [5.74, 6) is 0. The molecular formula is C28H19N. The van der Waals surface area contributed by atoms with Gasteiger partial charge in [-0.3, -0.25) is 4.98 Å². The number of benzene rings is 4. The van der Waals surface area contributed by atoms with Crippen molar-refractivity contribution < 1.29 is 0 Å². The Morgan fingerprint density at radius 3 is 1.76 bits per heavy atom. The maximum absolute atomic E-state index is 5.16. The fourth-order valence-corrected chi connectivity index (χ4v) is 4.76. The van der Waals surface area contributed by atoms with Crippen LogP contribution in [0, 0.1) is 6.92 Å². The van der Waals surface area contributed by atoms with Gasteiger partial charge in [0.25, 0.3) is 0 Å². The second-order valence-corrected chi connectivity index (χ2v) is 7.61.